The minimum absolute atomic E-state index is 0.0166. The number of alkyl halides is 3. The van der Waals surface area contributed by atoms with Crippen molar-refractivity contribution in [2.24, 2.45) is 22.4 Å². The Morgan fingerprint density at radius 3 is 2.24 bits per heavy atom. The van der Waals surface area contributed by atoms with Crippen LogP contribution in [0.15, 0.2) is 4.99 Å². The van der Waals surface area contributed by atoms with E-state index in [1.54, 1.807) is 0 Å². The lowest BCUT2D eigenvalue weighted by Crippen LogP contribution is -2.54. The fourth-order valence-corrected chi connectivity index (χ4v) is 3.28. The van der Waals surface area contributed by atoms with Crippen molar-refractivity contribution in [2.45, 2.75) is 76.9 Å². The van der Waals surface area contributed by atoms with Crippen molar-refractivity contribution in [1.82, 2.24) is 10.6 Å². The van der Waals surface area contributed by atoms with Crippen LogP contribution in [-0.2, 0) is 19.2 Å². The van der Waals surface area contributed by atoms with Crippen LogP contribution in [0.2, 0.25) is 0 Å². The van der Waals surface area contributed by atoms with E-state index in [0.717, 1.165) is 6.42 Å². The number of nitrogens with one attached hydrogen (secondary N) is 2. The quantitative estimate of drug-likeness (QED) is 0.215. The molecule has 0 bridgehead atoms. The van der Waals surface area contributed by atoms with Crippen molar-refractivity contribution < 1.29 is 37.5 Å². The number of carbonyl (C=O) groups excluding carboxylic acids is 3. The Labute approximate surface area is 190 Å². The monoisotopic (exact) mass is 481 g/mol. The summed E-state index contributed by atoms with van der Waals surface area (Å²) in [7, 11) is 0. The molecule has 0 radical (unpaired) electrons. The van der Waals surface area contributed by atoms with E-state index in [1.165, 1.54) is 0 Å². The Morgan fingerprint density at radius 2 is 1.76 bits per heavy atom. The lowest BCUT2D eigenvalue weighted by molar-refractivity contribution is -0.192. The van der Waals surface area contributed by atoms with Gasteiger partial charge in [0.15, 0.2) is 11.7 Å². The lowest BCUT2D eigenvalue weighted by Gasteiger charge is -2.33. The van der Waals surface area contributed by atoms with Crippen LogP contribution in [0.1, 0.15) is 65.2 Å². The fraction of sp³-hybridized carbons (Fsp3) is 0.750. The Kier molecular flexibility index (Phi) is 13.1. The van der Waals surface area contributed by atoms with Gasteiger partial charge in [0.2, 0.25) is 11.8 Å². The molecule has 33 heavy (non-hydrogen) atoms. The van der Waals surface area contributed by atoms with Gasteiger partial charge in [-0.05, 0) is 38.5 Å². The number of aliphatic carboxylic acids is 1. The number of carboxylic acids is 1. The van der Waals surface area contributed by atoms with Gasteiger partial charge in [0.25, 0.3) is 0 Å². The molecule has 1 saturated heterocycles. The maximum atomic E-state index is 13.0. The largest absolute Gasteiger partial charge is 0.490 e. The maximum absolute atomic E-state index is 13.0. The third kappa shape index (κ3) is 11.5. The molecule has 190 valence electrons. The number of guanidine groups is 1. The molecule has 1 aliphatic rings. The van der Waals surface area contributed by atoms with Gasteiger partial charge in [-0.15, -0.1) is 0 Å². The zero-order chi connectivity index (χ0) is 25.7. The summed E-state index contributed by atoms with van der Waals surface area (Å²) < 4.78 is 31.7. The van der Waals surface area contributed by atoms with E-state index in [1.807, 2.05) is 13.8 Å². The summed E-state index contributed by atoms with van der Waals surface area (Å²) in [6.07, 6.45) is -1.04. The fourth-order valence-electron chi connectivity index (χ4n) is 3.28. The molecule has 13 heteroatoms. The van der Waals surface area contributed by atoms with Crippen molar-refractivity contribution >= 4 is 29.5 Å². The first-order chi connectivity index (χ1) is 15.3. The summed E-state index contributed by atoms with van der Waals surface area (Å²) >= 11 is 0. The number of nitrogens with zero attached hydrogens (tertiary/aromatic N) is 1. The summed E-state index contributed by atoms with van der Waals surface area (Å²) in [4.78, 5) is 50.5. The highest BCUT2D eigenvalue weighted by molar-refractivity contribution is 5.95. The van der Waals surface area contributed by atoms with E-state index in [-0.39, 0.29) is 30.0 Å². The SMILES string of the molecule is CCC1(CC)NC(=O)CCCCNC(=O)[C@H](CCCN=C(N)N)CC1=O.O=C(O)C(F)(F)F. The third-order valence-corrected chi connectivity index (χ3v) is 5.30. The molecular weight excluding hydrogens is 447 g/mol. The normalized spacial score (nSPS) is 19.5. The van der Waals surface area contributed by atoms with Crippen molar-refractivity contribution in [2.75, 3.05) is 13.1 Å². The van der Waals surface area contributed by atoms with E-state index in [9.17, 15) is 27.6 Å². The Balaban J connectivity index is 0.00000126. The number of ketones is 1. The molecule has 0 spiro atoms. The zero-order valence-corrected chi connectivity index (χ0v) is 19.0. The Bertz CT molecular complexity index is 705. The number of amides is 2. The summed E-state index contributed by atoms with van der Waals surface area (Å²) in [5, 5.41) is 13.0. The first-order valence-corrected chi connectivity index (χ1v) is 10.8. The summed E-state index contributed by atoms with van der Waals surface area (Å²) in [6, 6.07) is 0. The van der Waals surface area contributed by atoms with Gasteiger partial charge in [-0.3, -0.25) is 19.4 Å². The average molecular weight is 482 g/mol. The van der Waals surface area contributed by atoms with Crippen molar-refractivity contribution in [3.05, 3.63) is 0 Å². The van der Waals surface area contributed by atoms with Gasteiger partial charge < -0.3 is 27.2 Å². The van der Waals surface area contributed by atoms with Crippen LogP contribution < -0.4 is 22.1 Å². The number of Topliss-reactive ketones (excluding diaryl/α,β-unsaturated/α-hetero) is 1. The van der Waals surface area contributed by atoms with Crippen molar-refractivity contribution in [3.63, 3.8) is 0 Å². The molecular formula is C20H34F3N5O5. The highest BCUT2D eigenvalue weighted by Gasteiger charge is 2.39. The van der Waals surface area contributed by atoms with Crippen LogP contribution in [0, 0.1) is 5.92 Å². The van der Waals surface area contributed by atoms with E-state index in [2.05, 4.69) is 15.6 Å². The minimum Gasteiger partial charge on any atom is -0.475 e. The van der Waals surface area contributed by atoms with Crippen LogP contribution >= 0.6 is 0 Å². The number of nitrogens with two attached hydrogens (primary N) is 2. The molecule has 1 aliphatic heterocycles. The summed E-state index contributed by atoms with van der Waals surface area (Å²) in [5.41, 5.74) is 9.74. The van der Waals surface area contributed by atoms with Gasteiger partial charge in [0.1, 0.15) is 0 Å². The molecule has 1 heterocycles. The summed E-state index contributed by atoms with van der Waals surface area (Å²) in [5.74, 6) is -3.48. The van der Waals surface area contributed by atoms with Gasteiger partial charge in [-0.25, -0.2) is 4.79 Å². The molecule has 1 rings (SSSR count). The number of carbonyl (C=O) groups is 4. The van der Waals surface area contributed by atoms with Crippen LogP contribution in [0.5, 0.6) is 0 Å². The highest BCUT2D eigenvalue weighted by atomic mass is 19.4. The molecule has 0 unspecified atom stereocenters. The summed E-state index contributed by atoms with van der Waals surface area (Å²) in [6.45, 7) is 4.71. The number of rotatable bonds is 6. The molecule has 10 nitrogen and oxygen atoms in total. The smallest absolute Gasteiger partial charge is 0.475 e. The van der Waals surface area contributed by atoms with Gasteiger partial charge in [0.05, 0.1) is 5.54 Å². The molecule has 1 fully saturated rings. The van der Waals surface area contributed by atoms with E-state index in [0.29, 0.717) is 51.6 Å². The van der Waals surface area contributed by atoms with Crippen molar-refractivity contribution in [1.29, 1.82) is 0 Å². The molecule has 0 aromatic heterocycles. The number of carboxylic acid groups (broad SMARTS) is 1. The van der Waals surface area contributed by atoms with Crippen LogP contribution in [0.3, 0.4) is 0 Å². The van der Waals surface area contributed by atoms with E-state index >= 15 is 0 Å². The number of halogens is 3. The predicted molar refractivity (Wildman–Crippen MR) is 115 cm³/mol. The highest BCUT2D eigenvalue weighted by Crippen LogP contribution is 2.24. The number of hydrogen-bond donors (Lipinski definition) is 5. The first kappa shape index (κ1) is 30.1. The second-order valence-electron chi connectivity index (χ2n) is 7.66. The Morgan fingerprint density at radius 1 is 1.18 bits per heavy atom. The molecule has 0 aliphatic carbocycles. The van der Waals surface area contributed by atoms with Gasteiger partial charge >= 0.3 is 12.1 Å². The van der Waals surface area contributed by atoms with Gasteiger partial charge in [-0.1, -0.05) is 13.8 Å². The lowest BCUT2D eigenvalue weighted by atomic mass is 9.81. The van der Waals surface area contributed by atoms with E-state index in [4.69, 9.17) is 21.4 Å². The van der Waals surface area contributed by atoms with Crippen molar-refractivity contribution in [3.8, 4) is 0 Å². The second kappa shape index (κ2) is 14.3. The van der Waals surface area contributed by atoms with Gasteiger partial charge in [-0.2, -0.15) is 13.2 Å². The third-order valence-electron chi connectivity index (χ3n) is 5.30. The molecule has 0 saturated carbocycles. The zero-order valence-electron chi connectivity index (χ0n) is 19.0. The standard InChI is InChI=1S/C18H33N5O3.C2HF3O2/c1-3-18(4-2)14(24)12-13(8-7-11-22-17(19)20)16(26)21-10-6-5-9-15(25)23-18;3-2(4,5)1(6)7/h13H,3-12H2,1-2H3,(H,21,26)(H,23,25)(H4,19,20,22);(H,6,7)/t13-;/m1./s1. The molecule has 0 aromatic rings. The minimum atomic E-state index is -5.08. The topological polar surface area (TPSA) is 177 Å². The molecule has 7 N–H and O–H groups in total. The molecule has 1 atom stereocenters. The Hall–Kier alpha value is -2.86. The second-order valence-corrected chi connectivity index (χ2v) is 7.66. The van der Waals surface area contributed by atoms with Crippen LogP contribution in [0.4, 0.5) is 13.2 Å². The number of hydrogen-bond acceptors (Lipinski definition) is 5. The molecule has 0 aromatic carbocycles. The number of aliphatic imine (C=N–C) groups is 1. The van der Waals surface area contributed by atoms with Crippen LogP contribution in [-0.4, -0.2) is 59.4 Å². The van der Waals surface area contributed by atoms with Gasteiger partial charge in [0, 0.05) is 31.8 Å². The van der Waals surface area contributed by atoms with E-state index < -0.39 is 23.6 Å². The first-order valence-electron chi connectivity index (χ1n) is 10.8. The molecule has 2 amide bonds. The van der Waals surface area contributed by atoms with Crippen LogP contribution in [0.25, 0.3) is 0 Å². The predicted octanol–water partition coefficient (Wildman–Crippen LogP) is 1.22. The average Bonchev–Trinajstić information content (AvgIpc) is 2.72. The maximum Gasteiger partial charge on any atom is 0.490 e.